The molecule has 0 aliphatic carbocycles. The van der Waals surface area contributed by atoms with E-state index in [2.05, 4.69) is 32.7 Å². The Morgan fingerprint density at radius 3 is 3.14 bits per heavy atom. The summed E-state index contributed by atoms with van der Waals surface area (Å²) in [6.45, 7) is 4.67. The summed E-state index contributed by atoms with van der Waals surface area (Å²) in [6.07, 6.45) is 4.03. The van der Waals surface area contributed by atoms with E-state index in [0.717, 1.165) is 41.9 Å². The zero-order valence-electron chi connectivity index (χ0n) is 11.8. The van der Waals surface area contributed by atoms with Gasteiger partial charge in [-0.25, -0.2) is 9.67 Å². The highest BCUT2D eigenvalue weighted by atomic mass is 32.2. The molecule has 8 heteroatoms. The number of aromatic nitrogens is 6. The van der Waals surface area contributed by atoms with Gasteiger partial charge in [0.15, 0.2) is 0 Å². The van der Waals surface area contributed by atoms with E-state index >= 15 is 0 Å². The Morgan fingerprint density at radius 2 is 2.29 bits per heavy atom. The van der Waals surface area contributed by atoms with Crippen molar-refractivity contribution in [3.05, 3.63) is 36.3 Å². The average molecular weight is 303 g/mol. The lowest BCUT2D eigenvalue weighted by molar-refractivity contribution is 0.517. The van der Waals surface area contributed by atoms with Gasteiger partial charge in [-0.2, -0.15) is 0 Å². The van der Waals surface area contributed by atoms with Gasteiger partial charge in [0.05, 0.1) is 12.2 Å². The SMILES string of the molecule is CCNCCn1nnnc1SCc1cn2ccccc2n1. The van der Waals surface area contributed by atoms with Crippen LogP contribution in [0.5, 0.6) is 0 Å². The summed E-state index contributed by atoms with van der Waals surface area (Å²) in [6, 6.07) is 5.97. The van der Waals surface area contributed by atoms with Crippen LogP contribution in [0.25, 0.3) is 5.65 Å². The Balaban J connectivity index is 1.63. The Bertz CT molecular complexity index is 672. The van der Waals surface area contributed by atoms with Crippen LogP contribution in [0.2, 0.25) is 0 Å². The molecule has 110 valence electrons. The molecule has 3 aromatic heterocycles. The Kier molecular flexibility index (Phi) is 4.46. The summed E-state index contributed by atoms with van der Waals surface area (Å²) in [7, 11) is 0. The van der Waals surface area contributed by atoms with Crippen LogP contribution in [0, 0.1) is 0 Å². The number of fused-ring (bicyclic) bond motifs is 1. The maximum Gasteiger partial charge on any atom is 0.209 e. The molecule has 0 amide bonds. The van der Waals surface area contributed by atoms with E-state index in [1.165, 1.54) is 0 Å². The predicted octanol–water partition coefficient (Wildman–Crippen LogP) is 1.22. The highest BCUT2D eigenvalue weighted by molar-refractivity contribution is 7.98. The summed E-state index contributed by atoms with van der Waals surface area (Å²) in [5, 5.41) is 15.9. The van der Waals surface area contributed by atoms with Crippen molar-refractivity contribution >= 4 is 17.4 Å². The molecular formula is C13H17N7S. The van der Waals surface area contributed by atoms with Crippen molar-refractivity contribution in [2.75, 3.05) is 13.1 Å². The quantitative estimate of drug-likeness (QED) is 0.523. The lowest BCUT2D eigenvalue weighted by Gasteiger charge is -2.03. The highest BCUT2D eigenvalue weighted by Crippen LogP contribution is 2.19. The van der Waals surface area contributed by atoms with Gasteiger partial charge in [-0.3, -0.25) is 0 Å². The number of rotatable bonds is 7. The third kappa shape index (κ3) is 3.40. The maximum absolute atomic E-state index is 4.57. The molecular weight excluding hydrogens is 286 g/mol. The molecule has 0 radical (unpaired) electrons. The van der Waals surface area contributed by atoms with Gasteiger partial charge in [-0.05, 0) is 29.1 Å². The van der Waals surface area contributed by atoms with E-state index < -0.39 is 0 Å². The first kappa shape index (κ1) is 14.0. The van der Waals surface area contributed by atoms with Crippen LogP contribution in [-0.2, 0) is 12.3 Å². The molecule has 0 unspecified atom stereocenters. The van der Waals surface area contributed by atoms with Gasteiger partial charge in [0, 0.05) is 24.7 Å². The number of pyridine rings is 1. The Labute approximate surface area is 126 Å². The second-order valence-electron chi connectivity index (χ2n) is 4.53. The van der Waals surface area contributed by atoms with E-state index in [1.54, 1.807) is 11.8 Å². The zero-order chi connectivity index (χ0) is 14.5. The first-order valence-electron chi connectivity index (χ1n) is 6.89. The largest absolute Gasteiger partial charge is 0.315 e. The van der Waals surface area contributed by atoms with Gasteiger partial charge >= 0.3 is 0 Å². The first-order valence-corrected chi connectivity index (χ1v) is 7.87. The number of likely N-dealkylation sites (N-methyl/N-ethyl adjacent to an activating group) is 1. The fourth-order valence-corrected chi connectivity index (χ4v) is 2.78. The second kappa shape index (κ2) is 6.68. The molecule has 0 aromatic carbocycles. The molecule has 0 aliphatic heterocycles. The zero-order valence-corrected chi connectivity index (χ0v) is 12.6. The molecule has 21 heavy (non-hydrogen) atoms. The molecule has 0 fully saturated rings. The fourth-order valence-electron chi connectivity index (χ4n) is 2.00. The van der Waals surface area contributed by atoms with Gasteiger partial charge in [0.2, 0.25) is 5.16 Å². The summed E-state index contributed by atoms with van der Waals surface area (Å²) in [5.74, 6) is 0.753. The number of thioether (sulfide) groups is 1. The normalized spacial score (nSPS) is 11.3. The Hall–Kier alpha value is -1.93. The van der Waals surface area contributed by atoms with Gasteiger partial charge in [-0.15, -0.1) is 5.10 Å². The number of imidazole rings is 1. The van der Waals surface area contributed by atoms with Gasteiger partial charge < -0.3 is 9.72 Å². The summed E-state index contributed by atoms with van der Waals surface area (Å²) < 4.78 is 3.84. The van der Waals surface area contributed by atoms with Crippen molar-refractivity contribution in [1.82, 2.24) is 34.9 Å². The lowest BCUT2D eigenvalue weighted by atomic mass is 10.5. The van der Waals surface area contributed by atoms with Crippen molar-refractivity contribution < 1.29 is 0 Å². The van der Waals surface area contributed by atoms with Crippen molar-refractivity contribution in [3.8, 4) is 0 Å². The third-order valence-electron chi connectivity index (χ3n) is 3.01. The topological polar surface area (TPSA) is 72.9 Å². The minimum absolute atomic E-state index is 0.753. The predicted molar refractivity (Wildman–Crippen MR) is 81.1 cm³/mol. The minimum Gasteiger partial charge on any atom is -0.315 e. The van der Waals surface area contributed by atoms with Crippen LogP contribution in [0.3, 0.4) is 0 Å². The molecule has 0 saturated heterocycles. The number of hydrogen-bond acceptors (Lipinski definition) is 6. The third-order valence-corrected chi connectivity index (χ3v) is 4.00. The van der Waals surface area contributed by atoms with Crippen LogP contribution in [0.1, 0.15) is 12.6 Å². The number of hydrogen-bond donors (Lipinski definition) is 1. The first-order chi connectivity index (χ1) is 10.4. The van der Waals surface area contributed by atoms with Gasteiger partial charge in [-0.1, -0.05) is 24.8 Å². The van der Waals surface area contributed by atoms with Gasteiger partial charge in [0.25, 0.3) is 0 Å². The smallest absolute Gasteiger partial charge is 0.209 e. The second-order valence-corrected chi connectivity index (χ2v) is 5.47. The molecule has 3 rings (SSSR count). The fraction of sp³-hybridized carbons (Fsp3) is 0.385. The molecule has 3 heterocycles. The van der Waals surface area contributed by atoms with Crippen LogP contribution in [0.15, 0.2) is 35.7 Å². The number of tetrazole rings is 1. The molecule has 7 nitrogen and oxygen atoms in total. The molecule has 0 spiro atoms. The van der Waals surface area contributed by atoms with E-state index in [9.17, 15) is 0 Å². The van der Waals surface area contributed by atoms with Crippen LogP contribution >= 0.6 is 11.8 Å². The molecule has 0 saturated carbocycles. The van der Waals surface area contributed by atoms with E-state index in [4.69, 9.17) is 0 Å². The summed E-state index contributed by atoms with van der Waals surface area (Å²) in [4.78, 5) is 4.57. The van der Waals surface area contributed by atoms with Crippen LogP contribution < -0.4 is 5.32 Å². The van der Waals surface area contributed by atoms with Crippen molar-refractivity contribution in [2.45, 2.75) is 24.4 Å². The number of nitrogens with zero attached hydrogens (tertiary/aromatic N) is 6. The van der Waals surface area contributed by atoms with Crippen LogP contribution in [-0.4, -0.2) is 42.7 Å². The van der Waals surface area contributed by atoms with E-state index in [0.29, 0.717) is 0 Å². The standard InChI is InChI=1S/C13H17N7S/c1-2-14-6-8-20-13(16-17-18-20)21-10-11-9-19-7-4-3-5-12(19)15-11/h3-5,7,9,14H,2,6,8,10H2,1H3. The Morgan fingerprint density at radius 1 is 1.33 bits per heavy atom. The van der Waals surface area contributed by atoms with Crippen molar-refractivity contribution in [1.29, 1.82) is 0 Å². The van der Waals surface area contributed by atoms with E-state index in [-0.39, 0.29) is 0 Å². The monoisotopic (exact) mass is 303 g/mol. The minimum atomic E-state index is 0.753. The maximum atomic E-state index is 4.57. The summed E-state index contributed by atoms with van der Waals surface area (Å²) >= 11 is 1.60. The average Bonchev–Trinajstić information content (AvgIpc) is 3.11. The van der Waals surface area contributed by atoms with Crippen molar-refractivity contribution in [3.63, 3.8) is 0 Å². The summed E-state index contributed by atoms with van der Waals surface area (Å²) in [5.41, 5.74) is 1.98. The molecule has 0 atom stereocenters. The van der Waals surface area contributed by atoms with Crippen LogP contribution in [0.4, 0.5) is 0 Å². The molecule has 3 aromatic rings. The van der Waals surface area contributed by atoms with Crippen molar-refractivity contribution in [2.24, 2.45) is 0 Å². The van der Waals surface area contributed by atoms with Gasteiger partial charge in [0.1, 0.15) is 5.65 Å². The highest BCUT2D eigenvalue weighted by Gasteiger charge is 2.08. The number of nitrogens with one attached hydrogen (secondary N) is 1. The van der Waals surface area contributed by atoms with E-state index in [1.807, 2.05) is 39.7 Å². The lowest BCUT2D eigenvalue weighted by Crippen LogP contribution is -2.20. The molecule has 0 bridgehead atoms. The molecule has 1 N–H and O–H groups in total. The molecule has 0 aliphatic rings.